The third kappa shape index (κ3) is 2.62. The Kier molecular flexibility index (Phi) is 3.74. The number of imidazole rings is 1. The summed E-state index contributed by atoms with van der Waals surface area (Å²) in [6.45, 7) is 8.19. The fourth-order valence-corrected chi connectivity index (χ4v) is 3.63. The van der Waals surface area contributed by atoms with Gasteiger partial charge < -0.3 is 4.57 Å². The molecule has 0 N–H and O–H groups in total. The number of hydrogen-bond donors (Lipinski definition) is 0. The van der Waals surface area contributed by atoms with Crippen LogP contribution in [0.15, 0.2) is 24.5 Å². The van der Waals surface area contributed by atoms with Gasteiger partial charge in [-0.05, 0) is 31.6 Å². The van der Waals surface area contributed by atoms with E-state index in [1.165, 1.54) is 31.8 Å². The maximum Gasteiger partial charge on any atom is 0.108 e. The van der Waals surface area contributed by atoms with Gasteiger partial charge in [-0.3, -0.25) is 4.90 Å². The highest BCUT2D eigenvalue weighted by Gasteiger charge is 2.34. The molecule has 19 heavy (non-hydrogen) atoms. The van der Waals surface area contributed by atoms with E-state index in [4.69, 9.17) is 0 Å². The lowest BCUT2D eigenvalue weighted by Crippen LogP contribution is -2.35. The zero-order valence-electron chi connectivity index (χ0n) is 12.1. The lowest BCUT2D eigenvalue weighted by Gasteiger charge is -2.25. The Labute approximate surface area is 116 Å². The first-order chi connectivity index (χ1) is 9.28. The molecular weight excluding hydrogens is 234 g/mol. The second kappa shape index (κ2) is 5.49. The Morgan fingerprint density at radius 1 is 1.26 bits per heavy atom. The highest BCUT2D eigenvalue weighted by Crippen LogP contribution is 2.33. The average molecular weight is 259 g/mol. The second-order valence-corrected chi connectivity index (χ2v) is 6.12. The van der Waals surface area contributed by atoms with Gasteiger partial charge >= 0.3 is 0 Å². The van der Waals surface area contributed by atoms with E-state index < -0.39 is 0 Å². The molecule has 1 saturated heterocycles. The zero-order valence-corrected chi connectivity index (χ0v) is 12.1. The van der Waals surface area contributed by atoms with Crippen molar-refractivity contribution in [1.29, 1.82) is 0 Å². The van der Waals surface area contributed by atoms with Gasteiger partial charge in [0.15, 0.2) is 0 Å². The molecule has 1 aliphatic heterocycles. The van der Waals surface area contributed by atoms with Gasteiger partial charge in [-0.2, -0.15) is 0 Å². The Morgan fingerprint density at radius 3 is 2.58 bits per heavy atom. The Bertz CT molecular complexity index is 433. The summed E-state index contributed by atoms with van der Waals surface area (Å²) in [6, 6.07) is 0.616. The standard InChI is InChI=1S/C16H25N3/c1-3-16-17-8-9-18(16)10-13(2)19-11-14-6-4-5-7-15(14)12-19/h4-5,8-9,13-15H,3,6-7,10-12H2,1-2H3/t13?,14-,15+. The highest BCUT2D eigenvalue weighted by molar-refractivity contribution is 5.00. The van der Waals surface area contributed by atoms with Crippen LogP contribution < -0.4 is 0 Å². The maximum absolute atomic E-state index is 4.42. The van der Waals surface area contributed by atoms with Crippen LogP contribution in [0, 0.1) is 11.8 Å². The minimum atomic E-state index is 0.616. The number of nitrogens with zero attached hydrogens (tertiary/aromatic N) is 3. The van der Waals surface area contributed by atoms with E-state index >= 15 is 0 Å². The molecule has 2 heterocycles. The lowest BCUT2D eigenvalue weighted by molar-refractivity contribution is 0.223. The summed E-state index contributed by atoms with van der Waals surface area (Å²) in [5.41, 5.74) is 0. The van der Waals surface area contributed by atoms with Crippen molar-refractivity contribution < 1.29 is 0 Å². The number of aromatic nitrogens is 2. The summed E-state index contributed by atoms with van der Waals surface area (Å²) in [7, 11) is 0. The smallest absolute Gasteiger partial charge is 0.108 e. The summed E-state index contributed by atoms with van der Waals surface area (Å²) in [6.07, 6.45) is 12.4. The van der Waals surface area contributed by atoms with E-state index in [9.17, 15) is 0 Å². The van der Waals surface area contributed by atoms with Crippen LogP contribution in [0.1, 0.15) is 32.5 Å². The third-order valence-electron chi connectivity index (χ3n) is 4.85. The summed E-state index contributed by atoms with van der Waals surface area (Å²) < 4.78 is 2.32. The van der Waals surface area contributed by atoms with E-state index in [0.717, 1.165) is 24.8 Å². The molecule has 104 valence electrons. The summed E-state index contributed by atoms with van der Waals surface area (Å²) in [5, 5.41) is 0. The molecule has 1 aromatic rings. The molecule has 0 bridgehead atoms. The number of allylic oxidation sites excluding steroid dienone is 2. The van der Waals surface area contributed by atoms with Crippen molar-refractivity contribution in [3.63, 3.8) is 0 Å². The average Bonchev–Trinajstić information content (AvgIpc) is 3.03. The van der Waals surface area contributed by atoms with Crippen molar-refractivity contribution in [1.82, 2.24) is 14.5 Å². The topological polar surface area (TPSA) is 21.1 Å². The van der Waals surface area contributed by atoms with Crippen molar-refractivity contribution in [3.8, 4) is 0 Å². The molecule has 0 amide bonds. The van der Waals surface area contributed by atoms with Gasteiger partial charge in [0.05, 0.1) is 0 Å². The van der Waals surface area contributed by atoms with Crippen molar-refractivity contribution in [2.45, 2.75) is 45.7 Å². The number of aryl methyl sites for hydroxylation is 1. The number of rotatable bonds is 4. The molecular formula is C16H25N3. The molecule has 1 aromatic heterocycles. The fraction of sp³-hybridized carbons (Fsp3) is 0.688. The predicted octanol–water partition coefficient (Wildman–Crippen LogP) is 2.73. The molecule has 3 heteroatoms. The monoisotopic (exact) mass is 259 g/mol. The summed E-state index contributed by atoms with van der Waals surface area (Å²) >= 11 is 0. The number of fused-ring (bicyclic) bond motifs is 1. The van der Waals surface area contributed by atoms with Crippen LogP contribution >= 0.6 is 0 Å². The van der Waals surface area contributed by atoms with Gasteiger partial charge in [0.1, 0.15) is 5.82 Å². The number of likely N-dealkylation sites (tertiary alicyclic amines) is 1. The Morgan fingerprint density at radius 2 is 1.95 bits per heavy atom. The molecule has 2 aliphatic rings. The lowest BCUT2D eigenvalue weighted by atomic mass is 9.86. The van der Waals surface area contributed by atoms with Gasteiger partial charge in [0.25, 0.3) is 0 Å². The Hall–Kier alpha value is -1.09. The first-order valence-corrected chi connectivity index (χ1v) is 7.67. The molecule has 0 saturated carbocycles. The van der Waals surface area contributed by atoms with Gasteiger partial charge in [0, 0.05) is 44.5 Å². The third-order valence-corrected chi connectivity index (χ3v) is 4.85. The molecule has 0 aromatic carbocycles. The van der Waals surface area contributed by atoms with Crippen LogP contribution in [-0.2, 0) is 13.0 Å². The van der Waals surface area contributed by atoms with Gasteiger partial charge in [-0.25, -0.2) is 4.98 Å². The van der Waals surface area contributed by atoms with Crippen LogP contribution in [0.3, 0.4) is 0 Å². The molecule has 3 nitrogen and oxygen atoms in total. The predicted molar refractivity (Wildman–Crippen MR) is 78.0 cm³/mol. The maximum atomic E-state index is 4.42. The van der Waals surface area contributed by atoms with E-state index in [0.29, 0.717) is 6.04 Å². The van der Waals surface area contributed by atoms with Crippen molar-refractivity contribution in [3.05, 3.63) is 30.4 Å². The minimum Gasteiger partial charge on any atom is -0.333 e. The zero-order chi connectivity index (χ0) is 13.2. The van der Waals surface area contributed by atoms with E-state index in [2.05, 4.69) is 46.6 Å². The molecule has 0 spiro atoms. The summed E-state index contributed by atoms with van der Waals surface area (Å²) in [5.74, 6) is 3.02. The van der Waals surface area contributed by atoms with E-state index in [1.807, 2.05) is 6.20 Å². The molecule has 3 atom stereocenters. The SMILES string of the molecule is CCc1nccn1CC(C)N1C[C@H]2CC=CC[C@H]2C1. The molecule has 1 aliphatic carbocycles. The van der Waals surface area contributed by atoms with Gasteiger partial charge in [0.2, 0.25) is 0 Å². The first kappa shape index (κ1) is 12.9. The van der Waals surface area contributed by atoms with Crippen LogP contribution in [0.25, 0.3) is 0 Å². The molecule has 0 radical (unpaired) electrons. The van der Waals surface area contributed by atoms with Gasteiger partial charge in [-0.1, -0.05) is 19.1 Å². The minimum absolute atomic E-state index is 0.616. The highest BCUT2D eigenvalue weighted by atomic mass is 15.2. The quantitative estimate of drug-likeness (QED) is 0.775. The first-order valence-electron chi connectivity index (χ1n) is 7.67. The van der Waals surface area contributed by atoms with Crippen molar-refractivity contribution in [2.24, 2.45) is 11.8 Å². The summed E-state index contributed by atoms with van der Waals surface area (Å²) in [4.78, 5) is 7.10. The largest absolute Gasteiger partial charge is 0.333 e. The Balaban J connectivity index is 1.61. The van der Waals surface area contributed by atoms with Crippen molar-refractivity contribution in [2.75, 3.05) is 13.1 Å². The molecule has 1 fully saturated rings. The molecule has 1 unspecified atom stereocenters. The number of hydrogen-bond acceptors (Lipinski definition) is 2. The van der Waals surface area contributed by atoms with Crippen LogP contribution in [-0.4, -0.2) is 33.6 Å². The van der Waals surface area contributed by atoms with E-state index in [-0.39, 0.29) is 0 Å². The van der Waals surface area contributed by atoms with Crippen LogP contribution in [0.4, 0.5) is 0 Å². The van der Waals surface area contributed by atoms with Gasteiger partial charge in [-0.15, -0.1) is 0 Å². The fourth-order valence-electron chi connectivity index (χ4n) is 3.63. The van der Waals surface area contributed by atoms with Crippen molar-refractivity contribution >= 4 is 0 Å². The second-order valence-electron chi connectivity index (χ2n) is 6.12. The van der Waals surface area contributed by atoms with Crippen LogP contribution in [0.2, 0.25) is 0 Å². The van der Waals surface area contributed by atoms with E-state index in [1.54, 1.807) is 0 Å². The molecule has 3 rings (SSSR count). The van der Waals surface area contributed by atoms with Crippen LogP contribution in [0.5, 0.6) is 0 Å². The normalized spacial score (nSPS) is 28.5.